The van der Waals surface area contributed by atoms with E-state index in [1.807, 2.05) is 0 Å². The molecule has 2 heterocycles. The van der Waals surface area contributed by atoms with Crippen LogP contribution in [-0.4, -0.2) is 48.1 Å². The average molecular weight is 256 g/mol. The Morgan fingerprint density at radius 1 is 1.33 bits per heavy atom. The van der Waals surface area contributed by atoms with Gasteiger partial charge in [0.25, 0.3) is 5.91 Å². The van der Waals surface area contributed by atoms with Gasteiger partial charge < -0.3 is 10.5 Å². The first kappa shape index (κ1) is 13.3. The number of hydrogen-bond donors (Lipinski definition) is 3. The summed E-state index contributed by atoms with van der Waals surface area (Å²) in [4.78, 5) is 24.6. The second-order valence-corrected chi connectivity index (χ2v) is 4.89. The Hall–Kier alpha value is -1.18. The lowest BCUT2D eigenvalue weighted by molar-refractivity contribution is -0.133. The molecule has 3 atom stereocenters. The summed E-state index contributed by atoms with van der Waals surface area (Å²) in [6.45, 7) is 1.52. The molecular weight excluding hydrogens is 236 g/mol. The largest absolute Gasteiger partial charge is 0.368 e. The van der Waals surface area contributed by atoms with Crippen molar-refractivity contribution in [3.63, 3.8) is 0 Å². The third-order valence-electron chi connectivity index (χ3n) is 3.67. The number of primary amides is 1. The third kappa shape index (κ3) is 2.80. The zero-order valence-corrected chi connectivity index (χ0v) is 10.3. The molecule has 3 unspecified atom stereocenters. The third-order valence-corrected chi connectivity index (χ3v) is 3.67. The SMILES string of the molecule is NNC(=O)C1CCC(CN2CCCC2C(N)=O)O1. The number of carbonyl (C=O) groups excluding carboxylic acids is 2. The fourth-order valence-electron chi connectivity index (χ4n) is 2.75. The minimum Gasteiger partial charge on any atom is -0.368 e. The fourth-order valence-corrected chi connectivity index (χ4v) is 2.75. The van der Waals surface area contributed by atoms with Crippen molar-refractivity contribution in [2.75, 3.05) is 13.1 Å². The predicted octanol–water partition coefficient (Wildman–Crippen LogP) is -1.53. The van der Waals surface area contributed by atoms with E-state index >= 15 is 0 Å². The van der Waals surface area contributed by atoms with E-state index in [4.69, 9.17) is 16.3 Å². The van der Waals surface area contributed by atoms with Crippen LogP contribution in [0.2, 0.25) is 0 Å². The highest BCUT2D eigenvalue weighted by Crippen LogP contribution is 2.24. The van der Waals surface area contributed by atoms with Gasteiger partial charge in [-0.05, 0) is 32.2 Å². The molecule has 2 aliphatic rings. The Balaban J connectivity index is 1.84. The summed E-state index contributed by atoms with van der Waals surface area (Å²) in [5.74, 6) is 4.51. The number of amides is 2. The van der Waals surface area contributed by atoms with Gasteiger partial charge in [-0.25, -0.2) is 5.84 Å². The molecule has 0 aromatic rings. The van der Waals surface area contributed by atoms with Crippen molar-refractivity contribution in [1.82, 2.24) is 10.3 Å². The van der Waals surface area contributed by atoms with Gasteiger partial charge in [0.1, 0.15) is 6.10 Å². The number of hydrazine groups is 1. The molecule has 5 N–H and O–H groups in total. The Morgan fingerprint density at radius 2 is 2.11 bits per heavy atom. The predicted molar refractivity (Wildman–Crippen MR) is 64.0 cm³/mol. The molecule has 0 spiro atoms. The lowest BCUT2D eigenvalue weighted by atomic mass is 10.1. The molecule has 18 heavy (non-hydrogen) atoms. The Morgan fingerprint density at radius 3 is 2.78 bits per heavy atom. The molecule has 2 saturated heterocycles. The van der Waals surface area contributed by atoms with Gasteiger partial charge in [-0.15, -0.1) is 0 Å². The van der Waals surface area contributed by atoms with Crippen LogP contribution in [0.25, 0.3) is 0 Å². The van der Waals surface area contributed by atoms with Crippen LogP contribution in [0.5, 0.6) is 0 Å². The van der Waals surface area contributed by atoms with Crippen LogP contribution in [0.15, 0.2) is 0 Å². The molecule has 0 aromatic heterocycles. The smallest absolute Gasteiger partial charge is 0.263 e. The first-order valence-corrected chi connectivity index (χ1v) is 6.31. The molecule has 0 aliphatic carbocycles. The first-order chi connectivity index (χ1) is 8.61. The monoisotopic (exact) mass is 256 g/mol. The summed E-state index contributed by atoms with van der Waals surface area (Å²) >= 11 is 0. The number of hydrogen-bond acceptors (Lipinski definition) is 5. The minimum atomic E-state index is -0.463. The van der Waals surface area contributed by atoms with Crippen LogP contribution in [-0.2, 0) is 14.3 Å². The van der Waals surface area contributed by atoms with E-state index in [2.05, 4.69) is 10.3 Å². The van der Waals surface area contributed by atoms with Gasteiger partial charge in [-0.1, -0.05) is 0 Å². The van der Waals surface area contributed by atoms with E-state index in [1.54, 1.807) is 0 Å². The van der Waals surface area contributed by atoms with E-state index < -0.39 is 6.10 Å². The molecule has 2 amide bonds. The number of nitrogens with one attached hydrogen (secondary N) is 1. The van der Waals surface area contributed by atoms with E-state index in [9.17, 15) is 9.59 Å². The maximum atomic E-state index is 11.3. The zero-order chi connectivity index (χ0) is 13.1. The fraction of sp³-hybridized carbons (Fsp3) is 0.818. The standard InChI is InChI=1S/C11H20N4O3/c12-10(16)8-2-1-5-15(8)6-7-3-4-9(18-7)11(17)14-13/h7-9H,1-6,13H2,(H2,12,16)(H,14,17). The van der Waals surface area contributed by atoms with Gasteiger partial charge in [0, 0.05) is 6.54 Å². The molecule has 102 valence electrons. The molecule has 0 radical (unpaired) electrons. The molecule has 2 aliphatic heterocycles. The van der Waals surface area contributed by atoms with Crippen LogP contribution in [0.4, 0.5) is 0 Å². The highest BCUT2D eigenvalue weighted by Gasteiger charge is 2.35. The van der Waals surface area contributed by atoms with Crippen molar-refractivity contribution in [3.05, 3.63) is 0 Å². The number of rotatable bonds is 4. The summed E-state index contributed by atoms with van der Waals surface area (Å²) in [6.07, 6.45) is 2.78. The highest BCUT2D eigenvalue weighted by atomic mass is 16.5. The number of nitrogens with two attached hydrogens (primary N) is 2. The second-order valence-electron chi connectivity index (χ2n) is 4.89. The summed E-state index contributed by atoms with van der Waals surface area (Å²) in [6, 6.07) is -0.184. The maximum Gasteiger partial charge on any atom is 0.263 e. The topological polar surface area (TPSA) is 111 Å². The average Bonchev–Trinajstić information content (AvgIpc) is 2.97. The lowest BCUT2D eigenvalue weighted by Crippen LogP contribution is -2.44. The molecule has 0 aromatic carbocycles. The summed E-state index contributed by atoms with van der Waals surface area (Å²) < 4.78 is 5.62. The van der Waals surface area contributed by atoms with Crippen LogP contribution < -0.4 is 17.0 Å². The van der Waals surface area contributed by atoms with Crippen molar-refractivity contribution >= 4 is 11.8 Å². The second kappa shape index (κ2) is 5.64. The van der Waals surface area contributed by atoms with Gasteiger partial charge in [0.15, 0.2) is 0 Å². The summed E-state index contributed by atoms with van der Waals surface area (Å²) in [5, 5.41) is 0. The van der Waals surface area contributed by atoms with Crippen molar-refractivity contribution < 1.29 is 14.3 Å². The Bertz CT molecular complexity index is 336. The van der Waals surface area contributed by atoms with Gasteiger partial charge >= 0.3 is 0 Å². The number of likely N-dealkylation sites (tertiary alicyclic amines) is 1. The van der Waals surface area contributed by atoms with E-state index in [-0.39, 0.29) is 24.0 Å². The maximum absolute atomic E-state index is 11.3. The van der Waals surface area contributed by atoms with Crippen molar-refractivity contribution in [2.45, 2.75) is 43.9 Å². The Kier molecular flexibility index (Phi) is 4.15. The van der Waals surface area contributed by atoms with Crippen LogP contribution in [0.3, 0.4) is 0 Å². The van der Waals surface area contributed by atoms with Crippen LogP contribution >= 0.6 is 0 Å². The molecule has 0 bridgehead atoms. The molecule has 7 nitrogen and oxygen atoms in total. The van der Waals surface area contributed by atoms with Crippen LogP contribution in [0, 0.1) is 0 Å². The van der Waals surface area contributed by atoms with Gasteiger partial charge in [-0.3, -0.25) is 19.9 Å². The van der Waals surface area contributed by atoms with Crippen LogP contribution in [0.1, 0.15) is 25.7 Å². The number of carbonyl (C=O) groups is 2. The van der Waals surface area contributed by atoms with Gasteiger partial charge in [0.05, 0.1) is 12.1 Å². The summed E-state index contributed by atoms with van der Waals surface area (Å²) in [5.41, 5.74) is 7.45. The molecule has 2 fully saturated rings. The van der Waals surface area contributed by atoms with Crippen molar-refractivity contribution in [1.29, 1.82) is 0 Å². The van der Waals surface area contributed by atoms with E-state index in [0.717, 1.165) is 25.8 Å². The van der Waals surface area contributed by atoms with Crippen molar-refractivity contribution in [2.24, 2.45) is 11.6 Å². The first-order valence-electron chi connectivity index (χ1n) is 6.31. The molecule has 2 rings (SSSR count). The van der Waals surface area contributed by atoms with Gasteiger partial charge in [0.2, 0.25) is 5.91 Å². The van der Waals surface area contributed by atoms with Gasteiger partial charge in [-0.2, -0.15) is 0 Å². The zero-order valence-electron chi connectivity index (χ0n) is 10.3. The lowest BCUT2D eigenvalue weighted by Gasteiger charge is -2.25. The normalized spacial score (nSPS) is 32.6. The number of ether oxygens (including phenoxy) is 1. The van der Waals surface area contributed by atoms with E-state index in [1.165, 1.54) is 0 Å². The highest BCUT2D eigenvalue weighted by molar-refractivity contribution is 5.80. The molecule has 0 saturated carbocycles. The quantitative estimate of drug-likeness (QED) is 0.321. The Labute approximate surface area is 106 Å². The van der Waals surface area contributed by atoms with Crippen molar-refractivity contribution in [3.8, 4) is 0 Å². The number of nitrogens with zero attached hydrogens (tertiary/aromatic N) is 1. The summed E-state index contributed by atoms with van der Waals surface area (Å²) in [7, 11) is 0. The van der Waals surface area contributed by atoms with E-state index in [0.29, 0.717) is 13.0 Å². The minimum absolute atomic E-state index is 0.0211. The molecular formula is C11H20N4O3. The molecule has 7 heteroatoms.